The third kappa shape index (κ3) is 2.82. The van der Waals surface area contributed by atoms with Gasteiger partial charge in [0, 0.05) is 11.1 Å². The summed E-state index contributed by atoms with van der Waals surface area (Å²) in [5.74, 6) is 0.908. The molecule has 4 nitrogen and oxygen atoms in total. The molecule has 3 aliphatic rings. The smallest absolute Gasteiger partial charge is 0.129 e. The van der Waals surface area contributed by atoms with Gasteiger partial charge in [-0.1, -0.05) is 19.1 Å². The summed E-state index contributed by atoms with van der Waals surface area (Å²) in [4.78, 5) is 4.25. The van der Waals surface area contributed by atoms with Gasteiger partial charge in [-0.2, -0.15) is 0 Å². The molecule has 2 fully saturated rings. The number of aromatic nitrogens is 2. The Morgan fingerprint density at radius 1 is 1.32 bits per heavy atom. The van der Waals surface area contributed by atoms with Crippen molar-refractivity contribution >= 4 is 0 Å². The van der Waals surface area contributed by atoms with Crippen LogP contribution in [-0.2, 0) is 0 Å². The van der Waals surface area contributed by atoms with Crippen molar-refractivity contribution in [3.05, 3.63) is 42.1 Å². The molecule has 2 aromatic rings. The SMILES string of the molecule is CCC1(O)CC2CCC([C@@H](O)C[C@@H]3c4c(F)cccc4-c4cncn43)C(C2)C1. The largest absolute Gasteiger partial charge is 0.393 e. The maximum atomic E-state index is 14.7. The molecule has 2 heterocycles. The predicted molar refractivity (Wildman–Crippen MR) is 105 cm³/mol. The number of imidazole rings is 1. The molecule has 4 unspecified atom stereocenters. The molecule has 2 saturated carbocycles. The summed E-state index contributed by atoms with van der Waals surface area (Å²) in [6.07, 6.45) is 9.17. The van der Waals surface area contributed by atoms with Crippen LogP contribution in [0.1, 0.15) is 63.5 Å². The van der Waals surface area contributed by atoms with Crippen LogP contribution in [0.4, 0.5) is 4.39 Å². The van der Waals surface area contributed by atoms with Crippen molar-refractivity contribution in [2.75, 3.05) is 0 Å². The van der Waals surface area contributed by atoms with Crippen LogP contribution in [0.25, 0.3) is 11.3 Å². The molecular weight excluding hydrogens is 355 g/mol. The molecule has 0 radical (unpaired) electrons. The number of hydrogen-bond donors (Lipinski definition) is 2. The van der Waals surface area contributed by atoms with Gasteiger partial charge in [0.2, 0.25) is 0 Å². The van der Waals surface area contributed by atoms with Crippen LogP contribution in [0.2, 0.25) is 0 Å². The predicted octanol–water partition coefficient (Wildman–Crippen LogP) is 4.31. The van der Waals surface area contributed by atoms with Gasteiger partial charge in [-0.3, -0.25) is 0 Å². The Morgan fingerprint density at radius 2 is 2.18 bits per heavy atom. The molecule has 1 aromatic heterocycles. The van der Waals surface area contributed by atoms with Crippen molar-refractivity contribution in [2.24, 2.45) is 17.8 Å². The van der Waals surface area contributed by atoms with Crippen molar-refractivity contribution in [3.63, 3.8) is 0 Å². The highest BCUT2D eigenvalue weighted by atomic mass is 19.1. The van der Waals surface area contributed by atoms with Crippen LogP contribution in [0, 0.1) is 23.6 Å². The maximum absolute atomic E-state index is 14.7. The first-order chi connectivity index (χ1) is 13.5. The average molecular weight is 384 g/mol. The number of hydrogen-bond acceptors (Lipinski definition) is 3. The molecule has 6 atom stereocenters. The standard InChI is InChI=1S/C23H29FN2O2/c1-2-23(28)10-14-6-7-16(15(8-14)11-23)21(27)9-19-22-17(4-3-5-18(22)24)20-12-25-13-26(19)20/h3-5,12-16,19,21,27-28H,2,6-11H2,1H3/t14?,15?,16?,19-,21+,23?/m1/s1. The number of nitrogens with zero attached hydrogens (tertiary/aromatic N) is 2. The number of benzene rings is 1. The fraction of sp³-hybridized carbons (Fsp3) is 0.609. The summed E-state index contributed by atoms with van der Waals surface area (Å²) in [5, 5.41) is 22.1. The number of fused-ring (bicyclic) bond motifs is 5. The fourth-order valence-corrected chi connectivity index (χ4v) is 6.34. The lowest BCUT2D eigenvalue weighted by Crippen LogP contribution is -2.46. The molecule has 0 amide bonds. The Morgan fingerprint density at radius 3 is 3.00 bits per heavy atom. The molecule has 0 saturated heterocycles. The average Bonchev–Trinajstić information content (AvgIpc) is 3.25. The molecule has 2 N–H and O–H groups in total. The Bertz CT molecular complexity index is 881. The molecule has 28 heavy (non-hydrogen) atoms. The number of aliphatic hydroxyl groups is 2. The Balaban J connectivity index is 1.40. The van der Waals surface area contributed by atoms with Crippen LogP contribution in [0.3, 0.4) is 0 Å². The summed E-state index contributed by atoms with van der Waals surface area (Å²) >= 11 is 0. The van der Waals surface area contributed by atoms with Gasteiger partial charge in [-0.05, 0) is 68.8 Å². The summed E-state index contributed by atoms with van der Waals surface area (Å²) in [6.45, 7) is 2.06. The minimum atomic E-state index is -0.574. The number of rotatable bonds is 4. The van der Waals surface area contributed by atoms with Gasteiger partial charge in [0.25, 0.3) is 0 Å². The van der Waals surface area contributed by atoms with Crippen LogP contribution >= 0.6 is 0 Å². The lowest BCUT2D eigenvalue weighted by atomic mass is 9.60. The van der Waals surface area contributed by atoms with Crippen LogP contribution in [0.15, 0.2) is 30.7 Å². The van der Waals surface area contributed by atoms with E-state index in [1.54, 1.807) is 18.6 Å². The summed E-state index contributed by atoms with van der Waals surface area (Å²) in [5.41, 5.74) is 1.92. The topological polar surface area (TPSA) is 58.3 Å². The Hall–Kier alpha value is -1.72. The van der Waals surface area contributed by atoms with Crippen LogP contribution in [0.5, 0.6) is 0 Å². The second-order valence-corrected chi connectivity index (χ2v) is 9.30. The van der Waals surface area contributed by atoms with Gasteiger partial charge in [-0.15, -0.1) is 0 Å². The van der Waals surface area contributed by atoms with E-state index < -0.39 is 11.7 Å². The minimum Gasteiger partial charge on any atom is -0.393 e. The molecule has 1 aromatic carbocycles. The highest BCUT2D eigenvalue weighted by Crippen LogP contribution is 2.51. The van der Waals surface area contributed by atoms with Gasteiger partial charge in [0.15, 0.2) is 0 Å². The van der Waals surface area contributed by atoms with E-state index in [1.807, 2.05) is 10.6 Å². The van der Waals surface area contributed by atoms with Crippen molar-refractivity contribution in [1.29, 1.82) is 0 Å². The van der Waals surface area contributed by atoms with Crippen molar-refractivity contribution in [1.82, 2.24) is 9.55 Å². The molecule has 5 heteroatoms. The number of halogens is 1. The van der Waals surface area contributed by atoms with Gasteiger partial charge >= 0.3 is 0 Å². The lowest BCUT2D eigenvalue weighted by Gasteiger charge is -2.49. The zero-order valence-electron chi connectivity index (χ0n) is 16.4. The molecule has 150 valence electrons. The van der Waals surface area contributed by atoms with E-state index in [1.165, 1.54) is 6.07 Å². The van der Waals surface area contributed by atoms with Gasteiger partial charge < -0.3 is 14.8 Å². The second-order valence-electron chi connectivity index (χ2n) is 9.30. The first-order valence-electron chi connectivity index (χ1n) is 10.7. The fourth-order valence-electron chi connectivity index (χ4n) is 6.34. The molecule has 1 aliphatic heterocycles. The molecular formula is C23H29FN2O2. The normalized spacial score (nSPS) is 34.7. The van der Waals surface area contributed by atoms with E-state index in [0.717, 1.165) is 49.8 Å². The van der Waals surface area contributed by atoms with Crippen LogP contribution in [-0.4, -0.2) is 31.5 Å². The van der Waals surface area contributed by atoms with Gasteiger partial charge in [-0.25, -0.2) is 9.37 Å². The van der Waals surface area contributed by atoms with Crippen LogP contribution < -0.4 is 0 Å². The zero-order chi connectivity index (χ0) is 19.5. The zero-order valence-corrected chi connectivity index (χ0v) is 16.4. The first-order valence-corrected chi connectivity index (χ1v) is 10.7. The third-order valence-corrected chi connectivity index (χ3v) is 7.74. The highest BCUT2D eigenvalue weighted by Gasteiger charge is 2.46. The van der Waals surface area contributed by atoms with Crippen molar-refractivity contribution in [2.45, 2.75) is 69.6 Å². The van der Waals surface area contributed by atoms with E-state index in [0.29, 0.717) is 23.8 Å². The molecule has 2 bridgehead atoms. The minimum absolute atomic E-state index is 0.178. The summed E-state index contributed by atoms with van der Waals surface area (Å²) in [6, 6.07) is 4.96. The van der Waals surface area contributed by atoms with Crippen molar-refractivity contribution < 1.29 is 14.6 Å². The number of aliphatic hydroxyl groups excluding tert-OH is 1. The van der Waals surface area contributed by atoms with E-state index in [9.17, 15) is 14.6 Å². The quantitative estimate of drug-likeness (QED) is 0.826. The summed E-state index contributed by atoms with van der Waals surface area (Å²) < 4.78 is 16.7. The molecule has 2 aliphatic carbocycles. The third-order valence-electron chi connectivity index (χ3n) is 7.74. The Labute approximate surface area is 165 Å². The monoisotopic (exact) mass is 384 g/mol. The van der Waals surface area contributed by atoms with Gasteiger partial charge in [0.1, 0.15) is 5.82 Å². The van der Waals surface area contributed by atoms with E-state index in [4.69, 9.17) is 0 Å². The first kappa shape index (κ1) is 18.3. The van der Waals surface area contributed by atoms with E-state index in [2.05, 4.69) is 11.9 Å². The maximum Gasteiger partial charge on any atom is 0.129 e. The van der Waals surface area contributed by atoms with E-state index in [-0.39, 0.29) is 17.8 Å². The van der Waals surface area contributed by atoms with Gasteiger partial charge in [0.05, 0.1) is 36.0 Å². The summed E-state index contributed by atoms with van der Waals surface area (Å²) in [7, 11) is 0. The second kappa shape index (κ2) is 6.67. The van der Waals surface area contributed by atoms with Crippen molar-refractivity contribution in [3.8, 4) is 11.3 Å². The highest BCUT2D eigenvalue weighted by molar-refractivity contribution is 5.69. The molecule has 5 rings (SSSR count). The molecule has 0 spiro atoms. The lowest BCUT2D eigenvalue weighted by molar-refractivity contribution is -0.0904. The Kier molecular flexibility index (Phi) is 4.36. The van der Waals surface area contributed by atoms with E-state index >= 15 is 0 Å².